The van der Waals surface area contributed by atoms with E-state index in [1.165, 1.54) is 0 Å². The zero-order valence-electron chi connectivity index (χ0n) is 17.0. The molecule has 0 saturated carbocycles. The molecule has 0 fully saturated rings. The van der Waals surface area contributed by atoms with Crippen molar-refractivity contribution in [2.75, 3.05) is 0 Å². The van der Waals surface area contributed by atoms with Crippen molar-refractivity contribution < 1.29 is 9.53 Å². The predicted molar refractivity (Wildman–Crippen MR) is 117 cm³/mol. The minimum absolute atomic E-state index is 0.0901. The molecule has 0 spiro atoms. The summed E-state index contributed by atoms with van der Waals surface area (Å²) in [6, 6.07) is 20.6. The Hall–Kier alpha value is -3.45. The van der Waals surface area contributed by atoms with Crippen LogP contribution in [0.4, 0.5) is 0 Å². The lowest BCUT2D eigenvalue weighted by molar-refractivity contribution is -0.118. The number of hydrogen-bond acceptors (Lipinski definition) is 4. The van der Waals surface area contributed by atoms with E-state index in [1.54, 1.807) is 0 Å². The average molecular weight is 394 g/mol. The summed E-state index contributed by atoms with van der Waals surface area (Å²) in [5.41, 5.74) is 1.12. The molecule has 5 rings (SSSR count). The number of hydrogen-bond donors (Lipinski definition) is 1. The fourth-order valence-corrected chi connectivity index (χ4v) is 4.91. The zero-order valence-corrected chi connectivity index (χ0v) is 17.0. The summed E-state index contributed by atoms with van der Waals surface area (Å²) in [6.45, 7) is 4.08. The van der Waals surface area contributed by atoms with Crippen LogP contribution in [0, 0.1) is 28.1 Å². The van der Waals surface area contributed by atoms with Gasteiger partial charge in [-0.05, 0) is 33.0 Å². The average Bonchev–Trinajstić information content (AvgIpc) is 2.70. The Kier molecular flexibility index (Phi) is 4.04. The van der Waals surface area contributed by atoms with Crippen LogP contribution in [0.2, 0.25) is 0 Å². The summed E-state index contributed by atoms with van der Waals surface area (Å²) >= 11 is 0. The van der Waals surface area contributed by atoms with E-state index in [4.69, 9.17) is 10.1 Å². The Morgan fingerprint density at radius 1 is 1.03 bits per heavy atom. The number of allylic oxidation sites excluding steroid dienone is 2. The molecule has 0 bridgehead atoms. The van der Waals surface area contributed by atoms with Gasteiger partial charge in [-0.3, -0.25) is 4.79 Å². The first-order valence-corrected chi connectivity index (χ1v) is 10.2. The number of Topliss-reactive ketones (excluding diaryl/α,β-unsaturated/α-hetero) is 1. The van der Waals surface area contributed by atoms with Gasteiger partial charge in [-0.15, -0.1) is 0 Å². The Labute approximate surface area is 175 Å². The summed E-state index contributed by atoms with van der Waals surface area (Å²) in [7, 11) is 0. The molecule has 1 aliphatic heterocycles. The Morgan fingerprint density at radius 3 is 2.23 bits per heavy atom. The van der Waals surface area contributed by atoms with E-state index < -0.39 is 12.0 Å². The molecule has 1 aliphatic carbocycles. The molecule has 1 heterocycles. The molecule has 1 unspecified atom stereocenters. The van der Waals surface area contributed by atoms with Crippen LogP contribution in [0.3, 0.4) is 0 Å². The van der Waals surface area contributed by atoms with Crippen molar-refractivity contribution >= 4 is 33.0 Å². The number of ether oxygens (including phenoxy) is 1. The number of carbonyl (C=O) groups excluding carboxylic acids is 1. The lowest BCUT2D eigenvalue weighted by Crippen LogP contribution is -2.38. The quantitative estimate of drug-likeness (QED) is 0.525. The topological polar surface area (TPSA) is 73.9 Å². The second-order valence-electron chi connectivity index (χ2n) is 9.03. The fourth-order valence-electron chi connectivity index (χ4n) is 4.91. The Bertz CT molecular complexity index is 1260. The van der Waals surface area contributed by atoms with Crippen LogP contribution in [-0.4, -0.2) is 11.5 Å². The minimum Gasteiger partial charge on any atom is -0.487 e. The molecule has 3 aromatic carbocycles. The monoisotopic (exact) mass is 394 g/mol. The summed E-state index contributed by atoms with van der Waals surface area (Å²) in [5.74, 6) is -0.356. The highest BCUT2D eigenvalue weighted by Crippen LogP contribution is 2.48. The number of carbonyl (C=O) groups is 1. The number of nitrogens with zero attached hydrogens (tertiary/aromatic N) is 1. The van der Waals surface area contributed by atoms with Crippen LogP contribution in [0.5, 0.6) is 0 Å². The van der Waals surface area contributed by atoms with Crippen molar-refractivity contribution in [3.05, 3.63) is 71.5 Å². The van der Waals surface area contributed by atoms with Gasteiger partial charge in [0.1, 0.15) is 17.8 Å². The first-order valence-electron chi connectivity index (χ1n) is 10.2. The van der Waals surface area contributed by atoms with E-state index in [-0.39, 0.29) is 16.9 Å². The van der Waals surface area contributed by atoms with Gasteiger partial charge < -0.3 is 10.1 Å². The fraction of sp³-hybridized carbons (Fsp3) is 0.269. The van der Waals surface area contributed by atoms with Gasteiger partial charge in [0.05, 0.1) is 17.4 Å². The highest BCUT2D eigenvalue weighted by Gasteiger charge is 2.45. The third-order valence-corrected chi connectivity index (χ3v) is 6.22. The van der Waals surface area contributed by atoms with Crippen molar-refractivity contribution in [3.8, 4) is 6.07 Å². The molecule has 0 amide bonds. The molecular formula is C26H22N2O2. The number of nitrogens with one attached hydrogen (secondary N) is 1. The van der Waals surface area contributed by atoms with Crippen molar-refractivity contribution in [2.24, 2.45) is 11.3 Å². The Morgan fingerprint density at radius 2 is 1.63 bits per heavy atom. The minimum atomic E-state index is -0.830. The second kappa shape index (κ2) is 6.53. The maximum Gasteiger partial charge on any atom is 0.168 e. The lowest BCUT2D eigenvalue weighted by atomic mass is 9.72. The van der Waals surface area contributed by atoms with E-state index in [2.05, 4.69) is 24.3 Å². The molecule has 2 aliphatic rings. The van der Waals surface area contributed by atoms with Crippen molar-refractivity contribution in [1.29, 1.82) is 10.7 Å². The summed E-state index contributed by atoms with van der Waals surface area (Å²) < 4.78 is 6.47. The van der Waals surface area contributed by atoms with Crippen LogP contribution in [0.1, 0.15) is 38.4 Å². The molecule has 148 valence electrons. The van der Waals surface area contributed by atoms with E-state index in [9.17, 15) is 10.1 Å². The van der Waals surface area contributed by atoms with Gasteiger partial charge in [0.15, 0.2) is 5.78 Å². The van der Waals surface area contributed by atoms with Crippen LogP contribution >= 0.6 is 0 Å². The van der Waals surface area contributed by atoms with Crippen molar-refractivity contribution in [2.45, 2.75) is 32.8 Å². The molecule has 4 nitrogen and oxygen atoms in total. The predicted octanol–water partition coefficient (Wildman–Crippen LogP) is 5.87. The first kappa shape index (κ1) is 18.6. The molecule has 0 aromatic heterocycles. The molecule has 30 heavy (non-hydrogen) atoms. The van der Waals surface area contributed by atoms with E-state index >= 15 is 0 Å². The highest BCUT2D eigenvalue weighted by molar-refractivity contribution is 6.24. The Balaban J connectivity index is 1.78. The number of nitriles is 1. The van der Waals surface area contributed by atoms with Gasteiger partial charge in [-0.1, -0.05) is 62.4 Å². The molecular weight excluding hydrogens is 372 g/mol. The maximum absolute atomic E-state index is 12.8. The third-order valence-electron chi connectivity index (χ3n) is 6.22. The number of fused-ring (bicyclic) bond motifs is 2. The smallest absolute Gasteiger partial charge is 0.168 e. The summed E-state index contributed by atoms with van der Waals surface area (Å²) in [6.07, 6.45) is 0.338. The third kappa shape index (κ3) is 2.74. The number of rotatable bonds is 1. The van der Waals surface area contributed by atoms with E-state index in [1.807, 2.05) is 50.2 Å². The van der Waals surface area contributed by atoms with Gasteiger partial charge in [0.25, 0.3) is 0 Å². The van der Waals surface area contributed by atoms with Crippen LogP contribution < -0.4 is 0 Å². The zero-order chi connectivity index (χ0) is 21.0. The largest absolute Gasteiger partial charge is 0.487 e. The number of ketones is 1. The van der Waals surface area contributed by atoms with Gasteiger partial charge in [0, 0.05) is 18.4 Å². The van der Waals surface area contributed by atoms with Crippen molar-refractivity contribution in [3.63, 3.8) is 0 Å². The van der Waals surface area contributed by atoms with Gasteiger partial charge in [0.2, 0.25) is 0 Å². The molecule has 1 N–H and O–H groups in total. The lowest BCUT2D eigenvalue weighted by Gasteiger charge is -2.39. The summed E-state index contributed by atoms with van der Waals surface area (Å²) in [4.78, 5) is 12.8. The molecule has 0 radical (unpaired) electrons. The van der Waals surface area contributed by atoms with Gasteiger partial charge in [-0.25, -0.2) is 0 Å². The van der Waals surface area contributed by atoms with Crippen molar-refractivity contribution in [1.82, 2.24) is 0 Å². The highest BCUT2D eigenvalue weighted by atomic mass is 16.5. The normalized spacial score (nSPS) is 23.2. The SMILES string of the molecule is CC1(C)CC(=O)C2=C(C1)O[C@H](c1c3ccccc3cc3ccccc13)C(C#N)C2=N. The van der Waals surface area contributed by atoms with Crippen LogP contribution in [-0.2, 0) is 9.53 Å². The van der Waals surface area contributed by atoms with E-state index in [0.29, 0.717) is 24.2 Å². The molecule has 2 atom stereocenters. The molecule has 0 saturated heterocycles. The van der Waals surface area contributed by atoms with Crippen LogP contribution in [0.25, 0.3) is 21.5 Å². The molecule has 4 heteroatoms. The number of benzene rings is 3. The summed E-state index contributed by atoms with van der Waals surface area (Å²) in [5, 5.41) is 22.9. The molecule has 3 aromatic rings. The van der Waals surface area contributed by atoms with Crippen LogP contribution in [0.15, 0.2) is 65.9 Å². The second-order valence-corrected chi connectivity index (χ2v) is 9.03. The first-order chi connectivity index (χ1) is 14.4. The van der Waals surface area contributed by atoms with E-state index in [0.717, 1.165) is 27.1 Å². The standard InChI is InChI=1S/C26H22N2O2/c1-26(2)12-20(29)23-21(13-26)30-25(19(14-27)24(23)28)22-17-9-5-3-7-15(17)11-16-8-4-6-10-18(16)22/h3-11,19,25,28H,12-13H2,1-2H3/t19?,25-/m0/s1. The van der Waals surface area contributed by atoms with Gasteiger partial charge in [-0.2, -0.15) is 5.26 Å². The van der Waals surface area contributed by atoms with Gasteiger partial charge >= 0.3 is 0 Å². The maximum atomic E-state index is 12.8.